The van der Waals surface area contributed by atoms with E-state index >= 15 is 0 Å². The number of carbonyl (C=O) groups excluding carboxylic acids is 1. The van der Waals surface area contributed by atoms with Gasteiger partial charge in [-0.2, -0.15) is 0 Å². The highest BCUT2D eigenvalue weighted by molar-refractivity contribution is 6.32. The zero-order valence-corrected chi connectivity index (χ0v) is 11.4. The standard InChI is InChI=1S/C14H9Cl2FO2/c1-19-13-5-3-9(15)7-10(13)14(18)8-2-4-12(17)11(16)6-8/h2-7H,1H3. The van der Waals surface area contributed by atoms with E-state index in [-0.39, 0.29) is 16.4 Å². The van der Waals surface area contributed by atoms with E-state index in [4.69, 9.17) is 27.9 Å². The van der Waals surface area contributed by atoms with Crippen LogP contribution in [0.2, 0.25) is 10.0 Å². The second kappa shape index (κ2) is 5.59. The number of benzene rings is 2. The second-order valence-electron chi connectivity index (χ2n) is 3.80. The summed E-state index contributed by atoms with van der Waals surface area (Å²) in [5.74, 6) is -0.507. The van der Waals surface area contributed by atoms with Crippen molar-refractivity contribution in [2.24, 2.45) is 0 Å². The van der Waals surface area contributed by atoms with E-state index in [1.807, 2.05) is 0 Å². The second-order valence-corrected chi connectivity index (χ2v) is 4.65. The Morgan fingerprint density at radius 3 is 2.53 bits per heavy atom. The van der Waals surface area contributed by atoms with Gasteiger partial charge in [-0.3, -0.25) is 4.79 Å². The van der Waals surface area contributed by atoms with Gasteiger partial charge in [-0.25, -0.2) is 4.39 Å². The lowest BCUT2D eigenvalue weighted by Gasteiger charge is -2.08. The molecule has 0 unspecified atom stereocenters. The van der Waals surface area contributed by atoms with E-state index in [1.165, 1.54) is 25.3 Å². The molecule has 2 aromatic carbocycles. The molecule has 0 bridgehead atoms. The summed E-state index contributed by atoms with van der Waals surface area (Å²) in [7, 11) is 1.46. The first kappa shape index (κ1) is 13.8. The predicted octanol–water partition coefficient (Wildman–Crippen LogP) is 4.37. The summed E-state index contributed by atoms with van der Waals surface area (Å²) in [6.45, 7) is 0. The Morgan fingerprint density at radius 2 is 1.89 bits per heavy atom. The van der Waals surface area contributed by atoms with Crippen LogP contribution in [0.3, 0.4) is 0 Å². The Hall–Kier alpha value is -1.58. The van der Waals surface area contributed by atoms with E-state index in [2.05, 4.69) is 0 Å². The first-order valence-corrected chi connectivity index (χ1v) is 6.12. The lowest BCUT2D eigenvalue weighted by Crippen LogP contribution is -2.04. The van der Waals surface area contributed by atoms with Crippen molar-refractivity contribution < 1.29 is 13.9 Å². The molecule has 0 radical (unpaired) electrons. The van der Waals surface area contributed by atoms with Crippen LogP contribution in [0.15, 0.2) is 36.4 Å². The molecule has 98 valence electrons. The van der Waals surface area contributed by atoms with Crippen LogP contribution in [0.4, 0.5) is 4.39 Å². The van der Waals surface area contributed by atoms with Crippen molar-refractivity contribution in [2.45, 2.75) is 0 Å². The highest BCUT2D eigenvalue weighted by atomic mass is 35.5. The lowest BCUT2D eigenvalue weighted by atomic mass is 10.0. The van der Waals surface area contributed by atoms with Gasteiger partial charge in [0.15, 0.2) is 5.78 Å². The fourth-order valence-electron chi connectivity index (χ4n) is 1.65. The monoisotopic (exact) mass is 298 g/mol. The average molecular weight is 299 g/mol. The average Bonchev–Trinajstić information content (AvgIpc) is 2.41. The molecule has 19 heavy (non-hydrogen) atoms. The number of ether oxygens (including phenoxy) is 1. The third kappa shape index (κ3) is 2.88. The lowest BCUT2D eigenvalue weighted by molar-refractivity contribution is 0.103. The Kier molecular flexibility index (Phi) is 4.08. The van der Waals surface area contributed by atoms with Gasteiger partial charge < -0.3 is 4.74 Å². The number of methoxy groups -OCH3 is 1. The fourth-order valence-corrected chi connectivity index (χ4v) is 2.00. The molecule has 5 heteroatoms. The minimum atomic E-state index is -0.573. The zero-order valence-electron chi connectivity index (χ0n) is 9.91. The van der Waals surface area contributed by atoms with Crippen molar-refractivity contribution in [2.75, 3.05) is 7.11 Å². The van der Waals surface area contributed by atoms with Crippen LogP contribution in [0.25, 0.3) is 0 Å². The van der Waals surface area contributed by atoms with Gasteiger partial charge in [0.25, 0.3) is 0 Å². The largest absolute Gasteiger partial charge is 0.496 e. The number of rotatable bonds is 3. The number of carbonyl (C=O) groups is 1. The highest BCUT2D eigenvalue weighted by Crippen LogP contribution is 2.26. The van der Waals surface area contributed by atoms with Gasteiger partial charge in [-0.15, -0.1) is 0 Å². The molecule has 2 rings (SSSR count). The molecule has 2 aromatic rings. The maximum absolute atomic E-state index is 13.1. The van der Waals surface area contributed by atoms with E-state index in [0.717, 1.165) is 6.07 Å². The first-order valence-electron chi connectivity index (χ1n) is 5.36. The van der Waals surface area contributed by atoms with Crippen LogP contribution in [-0.2, 0) is 0 Å². The van der Waals surface area contributed by atoms with Crippen molar-refractivity contribution in [3.05, 3.63) is 63.4 Å². The fraction of sp³-hybridized carbons (Fsp3) is 0.0714. The van der Waals surface area contributed by atoms with Gasteiger partial charge in [0.2, 0.25) is 0 Å². The number of ketones is 1. The summed E-state index contributed by atoms with van der Waals surface area (Å²) >= 11 is 11.5. The number of halogens is 3. The van der Waals surface area contributed by atoms with Crippen molar-refractivity contribution in [1.82, 2.24) is 0 Å². The Morgan fingerprint density at radius 1 is 1.16 bits per heavy atom. The van der Waals surface area contributed by atoms with Gasteiger partial charge in [-0.05, 0) is 36.4 Å². The molecular formula is C14H9Cl2FO2. The predicted molar refractivity (Wildman–Crippen MR) is 72.8 cm³/mol. The number of hydrogen-bond acceptors (Lipinski definition) is 2. The normalized spacial score (nSPS) is 10.3. The number of hydrogen-bond donors (Lipinski definition) is 0. The van der Waals surface area contributed by atoms with E-state index < -0.39 is 5.82 Å². The van der Waals surface area contributed by atoms with Gasteiger partial charge >= 0.3 is 0 Å². The SMILES string of the molecule is COc1ccc(Cl)cc1C(=O)c1ccc(F)c(Cl)c1. The van der Waals surface area contributed by atoms with E-state index in [9.17, 15) is 9.18 Å². The van der Waals surface area contributed by atoms with Crippen LogP contribution in [0.5, 0.6) is 5.75 Å². The van der Waals surface area contributed by atoms with Crippen LogP contribution < -0.4 is 4.74 Å². The summed E-state index contributed by atoms with van der Waals surface area (Å²) in [4.78, 5) is 12.3. The van der Waals surface area contributed by atoms with Crippen molar-refractivity contribution in [1.29, 1.82) is 0 Å². The Balaban J connectivity index is 2.49. The van der Waals surface area contributed by atoms with Crippen molar-refractivity contribution in [3.8, 4) is 5.75 Å². The van der Waals surface area contributed by atoms with Crippen molar-refractivity contribution >= 4 is 29.0 Å². The molecule has 0 heterocycles. The Labute approximate surface area is 119 Å². The van der Waals surface area contributed by atoms with Gasteiger partial charge in [0.1, 0.15) is 11.6 Å². The summed E-state index contributed by atoms with van der Waals surface area (Å²) in [5.41, 5.74) is 0.574. The highest BCUT2D eigenvalue weighted by Gasteiger charge is 2.16. The minimum absolute atomic E-state index is 0.105. The maximum Gasteiger partial charge on any atom is 0.196 e. The molecule has 0 fully saturated rings. The molecule has 0 aliphatic rings. The molecule has 0 atom stereocenters. The molecule has 2 nitrogen and oxygen atoms in total. The van der Waals surface area contributed by atoms with E-state index in [1.54, 1.807) is 12.1 Å². The summed E-state index contributed by atoms with van der Waals surface area (Å²) < 4.78 is 18.2. The third-order valence-electron chi connectivity index (χ3n) is 2.59. The molecular weight excluding hydrogens is 290 g/mol. The maximum atomic E-state index is 13.1. The summed E-state index contributed by atoms with van der Waals surface area (Å²) in [6.07, 6.45) is 0. The Bertz CT molecular complexity index is 641. The topological polar surface area (TPSA) is 26.3 Å². The molecule has 0 spiro atoms. The van der Waals surface area contributed by atoms with Crippen LogP contribution in [-0.4, -0.2) is 12.9 Å². The molecule has 0 saturated carbocycles. The van der Waals surface area contributed by atoms with Crippen molar-refractivity contribution in [3.63, 3.8) is 0 Å². The first-order chi connectivity index (χ1) is 9.02. The van der Waals surface area contributed by atoms with Gasteiger partial charge in [0.05, 0.1) is 17.7 Å². The molecule has 0 N–H and O–H groups in total. The van der Waals surface area contributed by atoms with Gasteiger partial charge in [-0.1, -0.05) is 23.2 Å². The minimum Gasteiger partial charge on any atom is -0.496 e. The third-order valence-corrected chi connectivity index (χ3v) is 3.11. The molecule has 0 aromatic heterocycles. The van der Waals surface area contributed by atoms with E-state index in [0.29, 0.717) is 16.3 Å². The molecule has 0 amide bonds. The van der Waals surface area contributed by atoms with Gasteiger partial charge in [0, 0.05) is 10.6 Å². The quantitative estimate of drug-likeness (QED) is 0.787. The summed E-state index contributed by atoms with van der Waals surface area (Å²) in [6, 6.07) is 8.51. The van der Waals surface area contributed by atoms with Crippen LogP contribution in [0, 0.1) is 5.82 Å². The van der Waals surface area contributed by atoms with Crippen LogP contribution >= 0.6 is 23.2 Å². The molecule has 0 aliphatic carbocycles. The smallest absolute Gasteiger partial charge is 0.196 e. The molecule has 0 saturated heterocycles. The van der Waals surface area contributed by atoms with Crippen LogP contribution in [0.1, 0.15) is 15.9 Å². The zero-order chi connectivity index (χ0) is 14.0. The molecule has 0 aliphatic heterocycles. The summed E-state index contributed by atoms with van der Waals surface area (Å²) in [5, 5.41) is 0.309.